The number of carbonyl (C=O) groups is 1. The van der Waals surface area contributed by atoms with E-state index < -0.39 is 0 Å². The lowest BCUT2D eigenvalue weighted by Gasteiger charge is -2.11. The number of carbonyl (C=O) groups excluding carboxylic acids is 1. The molecule has 0 bridgehead atoms. The molecule has 0 atom stereocenters. The molecule has 1 saturated carbocycles. The number of nitrogens with one attached hydrogen (secondary N) is 1. The van der Waals surface area contributed by atoms with Crippen LogP contribution in [0.4, 0.5) is 5.69 Å². The Morgan fingerprint density at radius 1 is 1.41 bits per heavy atom. The van der Waals surface area contributed by atoms with E-state index >= 15 is 0 Å². The lowest BCUT2D eigenvalue weighted by Crippen LogP contribution is -2.15. The monoisotopic (exact) mass is 343 g/mol. The maximum atomic E-state index is 11.9. The van der Waals surface area contributed by atoms with Crippen molar-refractivity contribution in [3.05, 3.63) is 27.3 Å². The molecule has 17 heavy (non-hydrogen) atoms. The number of rotatable bonds is 3. The van der Waals surface area contributed by atoms with Crippen LogP contribution in [0.2, 0.25) is 0 Å². The lowest BCUT2D eigenvalue weighted by molar-refractivity contribution is -0.117. The molecule has 0 aliphatic heterocycles. The molecular weight excluding hydrogens is 325 g/mol. The Hall–Kier alpha value is -0.580. The Kier molecular flexibility index (Phi) is 4.42. The Morgan fingerprint density at radius 3 is 2.76 bits per heavy atom. The summed E-state index contributed by atoms with van der Waals surface area (Å²) in [5, 5.41) is 3.02. The van der Waals surface area contributed by atoms with Crippen molar-refractivity contribution in [2.75, 3.05) is 5.32 Å². The molecule has 0 unspecified atom stereocenters. The Balaban J connectivity index is 1.93. The summed E-state index contributed by atoms with van der Waals surface area (Å²) in [6, 6.07) is 6.11. The second-order valence-corrected chi connectivity index (χ2v) is 6.11. The summed E-state index contributed by atoms with van der Waals surface area (Å²) < 4.78 is 1.20. The molecule has 1 aliphatic rings. The van der Waals surface area contributed by atoms with Crippen LogP contribution in [0.5, 0.6) is 0 Å². The van der Waals surface area contributed by atoms with Crippen LogP contribution in [0.25, 0.3) is 0 Å². The minimum atomic E-state index is 0.168. The van der Waals surface area contributed by atoms with Crippen LogP contribution in [0.1, 0.15) is 37.7 Å². The van der Waals surface area contributed by atoms with E-state index in [9.17, 15) is 4.79 Å². The third-order valence-corrected chi connectivity index (χ3v) is 4.08. The first kappa shape index (κ1) is 12.9. The van der Waals surface area contributed by atoms with Gasteiger partial charge in [0, 0.05) is 15.7 Å². The fourth-order valence-electron chi connectivity index (χ4n) is 2.45. The number of anilines is 1. The van der Waals surface area contributed by atoms with Crippen LogP contribution in [0, 0.1) is 16.4 Å². The van der Waals surface area contributed by atoms with Gasteiger partial charge in [-0.2, -0.15) is 0 Å². The third-order valence-electron chi connectivity index (χ3n) is 3.41. The van der Waals surface area contributed by atoms with E-state index in [1.807, 2.05) is 19.1 Å². The summed E-state index contributed by atoms with van der Waals surface area (Å²) in [6.45, 7) is 2.04. The molecule has 2 nitrogen and oxygen atoms in total. The zero-order valence-corrected chi connectivity index (χ0v) is 12.3. The zero-order chi connectivity index (χ0) is 12.3. The van der Waals surface area contributed by atoms with Gasteiger partial charge in [0.25, 0.3) is 0 Å². The second-order valence-electron chi connectivity index (χ2n) is 4.86. The second kappa shape index (κ2) is 5.85. The third kappa shape index (κ3) is 3.69. The molecule has 0 aromatic heterocycles. The summed E-state index contributed by atoms with van der Waals surface area (Å²) in [5.41, 5.74) is 2.09. The minimum Gasteiger partial charge on any atom is -0.326 e. The molecule has 1 aromatic rings. The largest absolute Gasteiger partial charge is 0.326 e. The van der Waals surface area contributed by atoms with Crippen LogP contribution in [-0.4, -0.2) is 5.91 Å². The van der Waals surface area contributed by atoms with Crippen molar-refractivity contribution in [2.24, 2.45) is 5.92 Å². The molecule has 92 valence electrons. The van der Waals surface area contributed by atoms with Gasteiger partial charge < -0.3 is 5.32 Å². The number of amides is 1. The molecule has 1 aliphatic carbocycles. The van der Waals surface area contributed by atoms with E-state index in [-0.39, 0.29) is 5.91 Å². The molecule has 1 amide bonds. The van der Waals surface area contributed by atoms with Crippen LogP contribution in [0.15, 0.2) is 18.2 Å². The first-order chi connectivity index (χ1) is 8.15. The summed E-state index contributed by atoms with van der Waals surface area (Å²) in [6.07, 6.45) is 5.71. The molecular formula is C14H18INO. The van der Waals surface area contributed by atoms with Gasteiger partial charge in [-0.25, -0.2) is 0 Å². The standard InChI is InChI=1S/C14H18INO/c1-10-8-12(15)6-7-13(10)16-14(17)9-11-4-2-3-5-11/h6-8,11H,2-5,9H2,1H3,(H,16,17). The van der Waals surface area contributed by atoms with Crippen molar-refractivity contribution in [3.8, 4) is 0 Å². The summed E-state index contributed by atoms with van der Waals surface area (Å²) in [7, 11) is 0. The van der Waals surface area contributed by atoms with Gasteiger partial charge in [0.15, 0.2) is 0 Å². The van der Waals surface area contributed by atoms with E-state index in [4.69, 9.17) is 0 Å². The van der Waals surface area contributed by atoms with Gasteiger partial charge >= 0.3 is 0 Å². The molecule has 0 spiro atoms. The van der Waals surface area contributed by atoms with Gasteiger partial charge in [0.05, 0.1) is 0 Å². The quantitative estimate of drug-likeness (QED) is 0.822. The summed E-state index contributed by atoms with van der Waals surface area (Å²) >= 11 is 2.28. The number of halogens is 1. The van der Waals surface area contributed by atoms with Gasteiger partial charge in [-0.3, -0.25) is 4.79 Å². The highest BCUT2D eigenvalue weighted by Gasteiger charge is 2.18. The van der Waals surface area contributed by atoms with Crippen molar-refractivity contribution in [3.63, 3.8) is 0 Å². The van der Waals surface area contributed by atoms with Crippen molar-refractivity contribution in [2.45, 2.75) is 39.0 Å². The van der Waals surface area contributed by atoms with Gasteiger partial charge in [0.2, 0.25) is 5.91 Å². The Bertz CT molecular complexity index is 411. The van der Waals surface area contributed by atoms with Crippen LogP contribution in [-0.2, 0) is 4.79 Å². The maximum absolute atomic E-state index is 11.9. The number of hydrogen-bond donors (Lipinski definition) is 1. The first-order valence-corrected chi connectivity index (χ1v) is 7.29. The smallest absolute Gasteiger partial charge is 0.224 e. The number of aryl methyl sites for hydroxylation is 1. The molecule has 1 fully saturated rings. The van der Waals surface area contributed by atoms with Gasteiger partial charge in [-0.05, 0) is 72.0 Å². The fourth-order valence-corrected chi connectivity index (χ4v) is 3.09. The van der Waals surface area contributed by atoms with Gasteiger partial charge in [-0.15, -0.1) is 0 Å². The highest BCUT2D eigenvalue weighted by molar-refractivity contribution is 14.1. The van der Waals surface area contributed by atoms with Crippen LogP contribution < -0.4 is 5.32 Å². The van der Waals surface area contributed by atoms with E-state index in [2.05, 4.69) is 34.0 Å². The Morgan fingerprint density at radius 2 is 2.12 bits per heavy atom. The summed E-state index contributed by atoms with van der Waals surface area (Å²) in [5.74, 6) is 0.778. The Labute approximate surface area is 116 Å². The molecule has 0 radical (unpaired) electrons. The average molecular weight is 343 g/mol. The van der Waals surface area contributed by atoms with Gasteiger partial charge in [0.1, 0.15) is 0 Å². The molecule has 1 N–H and O–H groups in total. The zero-order valence-electron chi connectivity index (χ0n) is 10.1. The molecule has 3 heteroatoms. The maximum Gasteiger partial charge on any atom is 0.224 e. The minimum absolute atomic E-state index is 0.168. The first-order valence-electron chi connectivity index (χ1n) is 6.21. The molecule has 1 aromatic carbocycles. The highest BCUT2D eigenvalue weighted by Crippen LogP contribution is 2.28. The van der Waals surface area contributed by atoms with Crippen LogP contribution >= 0.6 is 22.6 Å². The van der Waals surface area contributed by atoms with E-state index in [0.29, 0.717) is 12.3 Å². The predicted molar refractivity (Wildman–Crippen MR) is 79.1 cm³/mol. The molecule has 2 rings (SSSR count). The van der Waals surface area contributed by atoms with Gasteiger partial charge in [-0.1, -0.05) is 12.8 Å². The highest BCUT2D eigenvalue weighted by atomic mass is 127. The van der Waals surface area contributed by atoms with Crippen molar-refractivity contribution in [1.82, 2.24) is 0 Å². The lowest BCUT2D eigenvalue weighted by atomic mass is 10.0. The SMILES string of the molecule is Cc1cc(I)ccc1NC(=O)CC1CCCC1. The topological polar surface area (TPSA) is 29.1 Å². The normalized spacial score (nSPS) is 16.1. The van der Waals surface area contributed by atoms with Crippen molar-refractivity contribution >= 4 is 34.2 Å². The average Bonchev–Trinajstić information content (AvgIpc) is 2.75. The van der Waals surface area contributed by atoms with Crippen molar-refractivity contribution < 1.29 is 4.79 Å². The predicted octanol–water partition coefficient (Wildman–Crippen LogP) is 4.12. The number of hydrogen-bond acceptors (Lipinski definition) is 1. The number of benzene rings is 1. The van der Waals surface area contributed by atoms with Crippen LogP contribution in [0.3, 0.4) is 0 Å². The van der Waals surface area contributed by atoms with E-state index in [1.165, 1.54) is 29.3 Å². The van der Waals surface area contributed by atoms with E-state index in [0.717, 1.165) is 11.3 Å². The summed E-state index contributed by atoms with van der Waals surface area (Å²) in [4.78, 5) is 11.9. The fraction of sp³-hybridized carbons (Fsp3) is 0.500. The molecule has 0 saturated heterocycles. The van der Waals surface area contributed by atoms with Crippen molar-refractivity contribution in [1.29, 1.82) is 0 Å². The molecule has 0 heterocycles. The van der Waals surface area contributed by atoms with E-state index in [1.54, 1.807) is 0 Å².